The zero-order valence-electron chi connectivity index (χ0n) is 22.9. The highest BCUT2D eigenvalue weighted by molar-refractivity contribution is 5.97. The third-order valence-corrected chi connectivity index (χ3v) is 7.97. The van der Waals surface area contributed by atoms with E-state index in [-0.39, 0.29) is 30.1 Å². The number of carbonyl (C=O) groups excluding carboxylic acids is 3. The van der Waals surface area contributed by atoms with Crippen molar-refractivity contribution in [3.63, 3.8) is 0 Å². The number of fused-ring (bicyclic) bond motifs is 1. The summed E-state index contributed by atoms with van der Waals surface area (Å²) in [7, 11) is 0. The highest BCUT2D eigenvalue weighted by Gasteiger charge is 2.34. The summed E-state index contributed by atoms with van der Waals surface area (Å²) >= 11 is 0. The van der Waals surface area contributed by atoms with Crippen LogP contribution in [0.2, 0.25) is 0 Å². The fourth-order valence-electron chi connectivity index (χ4n) is 5.76. The molecule has 41 heavy (non-hydrogen) atoms. The standard InChI is InChI=1S/C33H33N5O3/c39-30(28-8-4-16-34-28)20-26-13-10-24-19-23(11-14-27(24)36-26)25-12-15-31(35-21-25)37-33(41)29-9-5-17-38(29)32(40)18-22-6-2-1-3-7-22/h1-3,6-7,10-15,19,21,28-29,34H,4-5,8-9,16-18,20H2,(H,35,37,41)/t28-,29-/m0/s1. The van der Waals surface area contributed by atoms with Crippen molar-refractivity contribution in [2.24, 2.45) is 0 Å². The molecule has 6 rings (SSSR count). The summed E-state index contributed by atoms with van der Waals surface area (Å²) in [4.78, 5) is 49.4. The molecule has 0 unspecified atom stereocenters. The molecule has 208 valence electrons. The van der Waals surface area contributed by atoms with E-state index in [1.807, 2.05) is 60.7 Å². The first-order chi connectivity index (χ1) is 20.0. The van der Waals surface area contributed by atoms with E-state index in [9.17, 15) is 14.4 Å². The van der Waals surface area contributed by atoms with Gasteiger partial charge in [0.15, 0.2) is 5.78 Å². The molecule has 4 heterocycles. The molecule has 2 atom stereocenters. The Balaban J connectivity index is 1.09. The summed E-state index contributed by atoms with van der Waals surface area (Å²) in [6, 6.07) is 22.7. The lowest BCUT2D eigenvalue weighted by molar-refractivity contribution is -0.136. The highest BCUT2D eigenvalue weighted by Crippen LogP contribution is 2.25. The van der Waals surface area contributed by atoms with Crippen molar-refractivity contribution in [1.82, 2.24) is 20.2 Å². The first kappa shape index (κ1) is 26.8. The molecule has 2 N–H and O–H groups in total. The topological polar surface area (TPSA) is 104 Å². The Morgan fingerprint density at radius 3 is 2.54 bits per heavy atom. The molecule has 0 aliphatic carbocycles. The molecule has 8 nitrogen and oxygen atoms in total. The molecule has 2 aromatic heterocycles. The van der Waals surface area contributed by atoms with Gasteiger partial charge in [-0.1, -0.05) is 42.5 Å². The third kappa shape index (κ3) is 6.18. The van der Waals surface area contributed by atoms with Gasteiger partial charge in [-0.05, 0) is 73.7 Å². The lowest BCUT2D eigenvalue weighted by Gasteiger charge is -2.24. The van der Waals surface area contributed by atoms with Crippen LogP contribution in [0, 0.1) is 0 Å². The van der Waals surface area contributed by atoms with Crippen molar-refractivity contribution in [1.29, 1.82) is 0 Å². The molecule has 2 aromatic carbocycles. The maximum absolute atomic E-state index is 13.1. The molecule has 8 heteroatoms. The molecule has 2 aliphatic heterocycles. The summed E-state index contributed by atoms with van der Waals surface area (Å²) in [6.45, 7) is 1.49. The Morgan fingerprint density at radius 1 is 0.902 bits per heavy atom. The highest BCUT2D eigenvalue weighted by atomic mass is 16.2. The second kappa shape index (κ2) is 12.0. The number of rotatable bonds is 8. The van der Waals surface area contributed by atoms with Gasteiger partial charge >= 0.3 is 0 Å². The normalized spacial score (nSPS) is 18.5. The number of pyridine rings is 2. The van der Waals surface area contributed by atoms with E-state index in [2.05, 4.69) is 21.7 Å². The van der Waals surface area contributed by atoms with Crippen LogP contribution in [0.3, 0.4) is 0 Å². The molecule has 0 radical (unpaired) electrons. The van der Waals surface area contributed by atoms with E-state index in [4.69, 9.17) is 4.98 Å². The predicted molar refractivity (Wildman–Crippen MR) is 158 cm³/mol. The minimum absolute atomic E-state index is 0.0347. The van der Waals surface area contributed by atoms with Crippen LogP contribution in [0.4, 0.5) is 5.82 Å². The Labute approximate surface area is 239 Å². The van der Waals surface area contributed by atoms with Gasteiger partial charge in [0.25, 0.3) is 0 Å². The largest absolute Gasteiger partial charge is 0.330 e. The van der Waals surface area contributed by atoms with Gasteiger partial charge < -0.3 is 15.5 Å². The Kier molecular flexibility index (Phi) is 7.82. The van der Waals surface area contributed by atoms with Gasteiger partial charge in [0.05, 0.1) is 24.4 Å². The molecule has 0 bridgehead atoms. The van der Waals surface area contributed by atoms with Crippen LogP contribution in [-0.2, 0) is 27.2 Å². The molecule has 4 aromatic rings. The van der Waals surface area contributed by atoms with E-state index >= 15 is 0 Å². The summed E-state index contributed by atoms with van der Waals surface area (Å²) < 4.78 is 0. The smallest absolute Gasteiger partial charge is 0.248 e. The first-order valence-electron chi connectivity index (χ1n) is 14.3. The van der Waals surface area contributed by atoms with Crippen molar-refractivity contribution < 1.29 is 14.4 Å². The monoisotopic (exact) mass is 547 g/mol. The fraction of sp³-hybridized carbons (Fsp3) is 0.303. The summed E-state index contributed by atoms with van der Waals surface area (Å²) in [6.07, 6.45) is 5.75. The first-order valence-corrected chi connectivity index (χ1v) is 14.3. The number of anilines is 1. The van der Waals surface area contributed by atoms with E-state index in [1.165, 1.54) is 0 Å². The van der Waals surface area contributed by atoms with Crippen molar-refractivity contribution in [2.45, 2.75) is 50.6 Å². The van der Waals surface area contributed by atoms with E-state index in [0.29, 0.717) is 25.2 Å². The van der Waals surface area contributed by atoms with Gasteiger partial charge in [0.2, 0.25) is 11.8 Å². The zero-order chi connectivity index (χ0) is 28.2. The van der Waals surface area contributed by atoms with Gasteiger partial charge in [-0.2, -0.15) is 0 Å². The van der Waals surface area contributed by atoms with Crippen molar-refractivity contribution in [3.8, 4) is 11.1 Å². The average molecular weight is 548 g/mol. The van der Waals surface area contributed by atoms with Crippen LogP contribution in [0.25, 0.3) is 22.0 Å². The number of likely N-dealkylation sites (tertiary alicyclic amines) is 1. The quantitative estimate of drug-likeness (QED) is 0.340. The van der Waals surface area contributed by atoms with E-state index < -0.39 is 6.04 Å². The van der Waals surface area contributed by atoms with Crippen LogP contribution in [0.5, 0.6) is 0 Å². The number of aromatic nitrogens is 2. The number of benzene rings is 2. The number of nitrogens with one attached hydrogen (secondary N) is 2. The number of Topliss-reactive ketones (excluding diaryl/α,β-unsaturated/α-hetero) is 1. The second-order valence-electron chi connectivity index (χ2n) is 10.8. The summed E-state index contributed by atoms with van der Waals surface area (Å²) in [5.41, 5.74) is 4.47. The molecular weight excluding hydrogens is 514 g/mol. The number of hydrogen-bond donors (Lipinski definition) is 2. The number of hydrogen-bond acceptors (Lipinski definition) is 6. The lowest BCUT2D eigenvalue weighted by Crippen LogP contribution is -2.43. The minimum Gasteiger partial charge on any atom is -0.330 e. The maximum Gasteiger partial charge on any atom is 0.248 e. The van der Waals surface area contributed by atoms with Crippen LogP contribution in [-0.4, -0.2) is 57.6 Å². The Bertz CT molecular complexity index is 1570. The molecule has 0 saturated carbocycles. The number of ketones is 1. The molecular formula is C33H33N5O3. The molecule has 2 amide bonds. The fourth-order valence-corrected chi connectivity index (χ4v) is 5.76. The number of amides is 2. The minimum atomic E-state index is -0.490. The third-order valence-electron chi connectivity index (χ3n) is 7.97. The van der Waals surface area contributed by atoms with Crippen molar-refractivity contribution in [3.05, 3.63) is 90.3 Å². The SMILES string of the molecule is O=C(Cc1ccc2cc(-c3ccc(NC(=O)[C@@H]4CCCN4C(=O)Cc4ccccc4)nc3)ccc2n1)[C@@H]1CCCN1. The Morgan fingerprint density at radius 2 is 1.76 bits per heavy atom. The van der Waals surface area contributed by atoms with Crippen molar-refractivity contribution >= 4 is 34.3 Å². The molecule has 0 spiro atoms. The Hall–Kier alpha value is -4.43. The van der Waals surface area contributed by atoms with Crippen LogP contribution in [0.1, 0.15) is 36.9 Å². The molecule has 2 aliphatic rings. The number of carbonyl (C=O) groups is 3. The van der Waals surface area contributed by atoms with Gasteiger partial charge in [-0.15, -0.1) is 0 Å². The summed E-state index contributed by atoms with van der Waals surface area (Å²) in [5.74, 6) is 0.407. The van der Waals surface area contributed by atoms with Crippen molar-refractivity contribution in [2.75, 3.05) is 18.4 Å². The van der Waals surface area contributed by atoms with Gasteiger partial charge in [0.1, 0.15) is 11.9 Å². The lowest BCUT2D eigenvalue weighted by atomic mass is 10.0. The average Bonchev–Trinajstić information content (AvgIpc) is 3.71. The zero-order valence-corrected chi connectivity index (χ0v) is 22.9. The predicted octanol–water partition coefficient (Wildman–Crippen LogP) is 4.33. The van der Waals surface area contributed by atoms with Crippen LogP contribution >= 0.6 is 0 Å². The maximum atomic E-state index is 13.1. The van der Waals surface area contributed by atoms with E-state index in [0.717, 1.165) is 59.1 Å². The van der Waals surface area contributed by atoms with Gasteiger partial charge in [-0.3, -0.25) is 19.4 Å². The second-order valence-corrected chi connectivity index (χ2v) is 10.8. The van der Waals surface area contributed by atoms with E-state index in [1.54, 1.807) is 17.2 Å². The molecule has 2 saturated heterocycles. The molecule has 2 fully saturated rings. The number of nitrogens with zero attached hydrogens (tertiary/aromatic N) is 3. The summed E-state index contributed by atoms with van der Waals surface area (Å²) in [5, 5.41) is 7.14. The van der Waals surface area contributed by atoms with Gasteiger partial charge in [0, 0.05) is 29.4 Å². The van der Waals surface area contributed by atoms with Crippen LogP contribution in [0.15, 0.2) is 79.0 Å². The van der Waals surface area contributed by atoms with Crippen LogP contribution < -0.4 is 10.6 Å². The van der Waals surface area contributed by atoms with Gasteiger partial charge in [-0.25, -0.2) is 4.98 Å².